The van der Waals surface area contributed by atoms with Crippen molar-refractivity contribution in [2.45, 2.75) is 18.9 Å². The smallest absolute Gasteiger partial charge is 0.251 e. The lowest BCUT2D eigenvalue weighted by Gasteiger charge is -2.22. The van der Waals surface area contributed by atoms with Crippen molar-refractivity contribution in [2.75, 3.05) is 26.2 Å². The summed E-state index contributed by atoms with van der Waals surface area (Å²) >= 11 is 0. The highest BCUT2D eigenvalue weighted by Gasteiger charge is 2.13. The maximum absolute atomic E-state index is 12.1. The molecule has 112 valence electrons. The molecule has 0 spiro atoms. The Balaban J connectivity index is 1.45. The lowest BCUT2D eigenvalue weighted by Crippen LogP contribution is -2.34. The first kappa shape index (κ1) is 14.0. The van der Waals surface area contributed by atoms with E-state index in [9.17, 15) is 4.79 Å². The van der Waals surface area contributed by atoms with Gasteiger partial charge in [0, 0.05) is 12.1 Å². The van der Waals surface area contributed by atoms with Gasteiger partial charge >= 0.3 is 0 Å². The second kappa shape index (κ2) is 6.69. The fourth-order valence-electron chi connectivity index (χ4n) is 2.53. The lowest BCUT2D eigenvalue weighted by atomic mass is 10.1. The molecule has 0 bridgehead atoms. The first-order chi connectivity index (χ1) is 10.3. The van der Waals surface area contributed by atoms with E-state index in [-0.39, 0.29) is 5.91 Å². The Morgan fingerprint density at radius 3 is 3.10 bits per heavy atom. The quantitative estimate of drug-likeness (QED) is 0.719. The molecular formula is C15H20N4O2. The standard InChI is InChI=1S/C15H20N4O2/c20-15(11-1-2-13-14(9-11)19-10-18-13)17-7-8-21-12-3-5-16-6-4-12/h1-2,9-10,12,16H,3-8H2,(H,17,20)(H,18,19). The first-order valence-corrected chi connectivity index (χ1v) is 7.36. The highest BCUT2D eigenvalue weighted by atomic mass is 16.5. The van der Waals surface area contributed by atoms with E-state index in [1.165, 1.54) is 0 Å². The van der Waals surface area contributed by atoms with Gasteiger partial charge in [0.25, 0.3) is 5.91 Å². The minimum Gasteiger partial charge on any atom is -0.376 e. The predicted octanol–water partition coefficient (Wildman–Crippen LogP) is 1.06. The number of nitrogens with one attached hydrogen (secondary N) is 3. The number of carbonyl (C=O) groups excluding carboxylic acids is 1. The van der Waals surface area contributed by atoms with Crippen molar-refractivity contribution in [2.24, 2.45) is 0 Å². The Hall–Kier alpha value is -1.92. The van der Waals surface area contributed by atoms with Gasteiger partial charge in [-0.05, 0) is 44.1 Å². The second-order valence-corrected chi connectivity index (χ2v) is 5.21. The summed E-state index contributed by atoms with van der Waals surface area (Å²) in [5.74, 6) is -0.0830. The molecule has 0 saturated carbocycles. The molecule has 2 aromatic rings. The number of hydrogen-bond donors (Lipinski definition) is 3. The number of benzene rings is 1. The van der Waals surface area contributed by atoms with Crippen molar-refractivity contribution in [3.8, 4) is 0 Å². The van der Waals surface area contributed by atoms with E-state index < -0.39 is 0 Å². The van der Waals surface area contributed by atoms with Gasteiger partial charge in [-0.1, -0.05) is 0 Å². The molecule has 6 nitrogen and oxygen atoms in total. The van der Waals surface area contributed by atoms with E-state index in [1.807, 2.05) is 12.1 Å². The lowest BCUT2D eigenvalue weighted by molar-refractivity contribution is 0.0343. The fourth-order valence-corrected chi connectivity index (χ4v) is 2.53. The summed E-state index contributed by atoms with van der Waals surface area (Å²) in [5.41, 5.74) is 2.36. The van der Waals surface area contributed by atoms with Crippen molar-refractivity contribution in [3.05, 3.63) is 30.1 Å². The second-order valence-electron chi connectivity index (χ2n) is 5.21. The number of ether oxygens (including phenoxy) is 1. The van der Waals surface area contributed by atoms with Gasteiger partial charge < -0.3 is 20.4 Å². The van der Waals surface area contributed by atoms with Crippen LogP contribution >= 0.6 is 0 Å². The average molecular weight is 288 g/mol. The third-order valence-corrected chi connectivity index (χ3v) is 3.71. The van der Waals surface area contributed by atoms with Crippen LogP contribution < -0.4 is 10.6 Å². The van der Waals surface area contributed by atoms with Crippen LogP contribution in [0.15, 0.2) is 24.5 Å². The van der Waals surface area contributed by atoms with Crippen LogP contribution in [0.5, 0.6) is 0 Å². The fraction of sp³-hybridized carbons (Fsp3) is 0.467. The normalized spacial score (nSPS) is 16.2. The number of fused-ring (bicyclic) bond motifs is 1. The number of hydrogen-bond acceptors (Lipinski definition) is 4. The third kappa shape index (κ3) is 3.59. The van der Waals surface area contributed by atoms with Gasteiger partial charge in [0.15, 0.2) is 0 Å². The Morgan fingerprint density at radius 1 is 1.38 bits per heavy atom. The van der Waals surface area contributed by atoms with Crippen molar-refractivity contribution < 1.29 is 9.53 Å². The average Bonchev–Trinajstić information content (AvgIpc) is 3.00. The molecule has 1 aromatic carbocycles. The molecule has 3 rings (SSSR count). The molecule has 1 aliphatic rings. The van der Waals surface area contributed by atoms with Gasteiger partial charge in [0.2, 0.25) is 0 Å². The summed E-state index contributed by atoms with van der Waals surface area (Å²) < 4.78 is 5.76. The van der Waals surface area contributed by atoms with E-state index in [4.69, 9.17) is 4.74 Å². The van der Waals surface area contributed by atoms with E-state index in [1.54, 1.807) is 12.4 Å². The van der Waals surface area contributed by atoms with Gasteiger partial charge in [-0.2, -0.15) is 0 Å². The monoisotopic (exact) mass is 288 g/mol. The zero-order chi connectivity index (χ0) is 14.5. The molecule has 0 unspecified atom stereocenters. The topological polar surface area (TPSA) is 79.0 Å². The molecule has 21 heavy (non-hydrogen) atoms. The van der Waals surface area contributed by atoms with Crippen LogP contribution in [0.4, 0.5) is 0 Å². The van der Waals surface area contributed by atoms with Gasteiger partial charge in [0.05, 0.1) is 30.1 Å². The number of imidazole rings is 1. The molecule has 2 heterocycles. The molecule has 1 aromatic heterocycles. The summed E-state index contributed by atoms with van der Waals surface area (Å²) in [7, 11) is 0. The molecule has 3 N–H and O–H groups in total. The third-order valence-electron chi connectivity index (χ3n) is 3.71. The van der Waals surface area contributed by atoms with Crippen LogP contribution in [0, 0.1) is 0 Å². The van der Waals surface area contributed by atoms with Gasteiger partial charge in [-0.25, -0.2) is 4.98 Å². The zero-order valence-corrected chi connectivity index (χ0v) is 11.9. The van der Waals surface area contributed by atoms with Crippen LogP contribution in [0.25, 0.3) is 11.0 Å². The van der Waals surface area contributed by atoms with E-state index in [2.05, 4.69) is 20.6 Å². The number of aromatic nitrogens is 2. The Bertz CT molecular complexity index is 604. The largest absolute Gasteiger partial charge is 0.376 e. The van der Waals surface area contributed by atoms with E-state index >= 15 is 0 Å². The van der Waals surface area contributed by atoms with Crippen LogP contribution in [-0.2, 0) is 4.74 Å². The van der Waals surface area contributed by atoms with Crippen LogP contribution in [0.1, 0.15) is 23.2 Å². The SMILES string of the molecule is O=C(NCCOC1CCNCC1)c1ccc2nc[nH]c2c1. The molecule has 0 aliphatic carbocycles. The van der Waals surface area contributed by atoms with Gasteiger partial charge in [0.1, 0.15) is 0 Å². The number of rotatable bonds is 5. The maximum Gasteiger partial charge on any atom is 0.251 e. The van der Waals surface area contributed by atoms with Gasteiger partial charge in [-0.3, -0.25) is 4.79 Å². The molecule has 1 saturated heterocycles. The highest BCUT2D eigenvalue weighted by Crippen LogP contribution is 2.11. The number of aromatic amines is 1. The van der Waals surface area contributed by atoms with E-state index in [0.717, 1.165) is 37.0 Å². The molecular weight excluding hydrogens is 268 g/mol. The summed E-state index contributed by atoms with van der Waals surface area (Å²) in [6.07, 6.45) is 4.04. The maximum atomic E-state index is 12.1. The van der Waals surface area contributed by atoms with Crippen molar-refractivity contribution in [1.29, 1.82) is 0 Å². The minimum absolute atomic E-state index is 0.0830. The first-order valence-electron chi connectivity index (χ1n) is 7.36. The molecule has 1 amide bonds. The molecule has 1 aliphatic heterocycles. The Morgan fingerprint density at radius 2 is 2.24 bits per heavy atom. The number of H-pyrrole nitrogens is 1. The van der Waals surface area contributed by atoms with Crippen molar-refractivity contribution in [3.63, 3.8) is 0 Å². The van der Waals surface area contributed by atoms with Gasteiger partial charge in [-0.15, -0.1) is 0 Å². The number of piperidine rings is 1. The van der Waals surface area contributed by atoms with Crippen LogP contribution in [0.3, 0.4) is 0 Å². The molecule has 6 heteroatoms. The summed E-state index contributed by atoms with van der Waals surface area (Å²) in [4.78, 5) is 19.2. The summed E-state index contributed by atoms with van der Waals surface area (Å²) in [6.45, 7) is 3.12. The molecule has 0 radical (unpaired) electrons. The molecule has 0 atom stereocenters. The predicted molar refractivity (Wildman–Crippen MR) is 80.3 cm³/mol. The summed E-state index contributed by atoms with van der Waals surface area (Å²) in [5, 5.41) is 6.18. The van der Waals surface area contributed by atoms with Crippen molar-refractivity contribution in [1.82, 2.24) is 20.6 Å². The highest BCUT2D eigenvalue weighted by molar-refractivity contribution is 5.97. The number of amides is 1. The molecule has 1 fully saturated rings. The number of carbonyl (C=O) groups is 1. The van der Waals surface area contributed by atoms with Crippen LogP contribution in [-0.4, -0.2) is 48.2 Å². The van der Waals surface area contributed by atoms with Crippen molar-refractivity contribution >= 4 is 16.9 Å². The van der Waals surface area contributed by atoms with Crippen LogP contribution in [0.2, 0.25) is 0 Å². The summed E-state index contributed by atoms with van der Waals surface area (Å²) in [6, 6.07) is 5.43. The minimum atomic E-state index is -0.0830. The Labute approximate surface area is 123 Å². The zero-order valence-electron chi connectivity index (χ0n) is 11.9. The number of nitrogens with zero attached hydrogens (tertiary/aromatic N) is 1. The Kier molecular flexibility index (Phi) is 4.47. The van der Waals surface area contributed by atoms with E-state index in [0.29, 0.717) is 24.8 Å².